The van der Waals surface area contributed by atoms with Crippen molar-refractivity contribution in [2.45, 2.75) is 284 Å². The van der Waals surface area contributed by atoms with Gasteiger partial charge in [-0.15, -0.1) is 0 Å². The van der Waals surface area contributed by atoms with Gasteiger partial charge in [0, 0.05) is 19.3 Å². The Kier molecular flexibility index (Phi) is 60.4. The minimum atomic E-state index is -0.805. The number of carbonyl (C=O) groups is 3. The maximum absolute atomic E-state index is 12.9. The fraction of sp³-hybridized carbons (Fsp3) is 0.648. The Hall–Kier alpha value is -4.45. The van der Waals surface area contributed by atoms with Crippen molar-refractivity contribution >= 4 is 17.9 Å². The summed E-state index contributed by atoms with van der Waals surface area (Å²) in [6, 6.07) is 0. The molecule has 0 heterocycles. The quantitative estimate of drug-likeness (QED) is 0.0261. The molecule has 0 radical (unpaired) electrons. The fourth-order valence-corrected chi connectivity index (χ4v) is 8.43. The lowest BCUT2D eigenvalue weighted by molar-refractivity contribution is -0.167. The average Bonchev–Trinajstić information content (AvgIpc) is 3.43. The molecule has 0 fully saturated rings. The van der Waals surface area contributed by atoms with E-state index in [9.17, 15) is 14.4 Å². The Labute approximate surface area is 475 Å². The summed E-state index contributed by atoms with van der Waals surface area (Å²) < 4.78 is 16.9. The molecule has 436 valence electrons. The summed E-state index contributed by atoms with van der Waals surface area (Å²) >= 11 is 0. The highest BCUT2D eigenvalue weighted by molar-refractivity contribution is 5.71. The van der Waals surface area contributed by atoms with E-state index in [1.807, 2.05) is 0 Å². The minimum Gasteiger partial charge on any atom is -0.462 e. The topological polar surface area (TPSA) is 78.9 Å². The van der Waals surface area contributed by atoms with E-state index in [2.05, 4.69) is 154 Å². The molecule has 0 saturated carbocycles. The number of esters is 3. The molecule has 0 aliphatic rings. The van der Waals surface area contributed by atoms with Gasteiger partial charge < -0.3 is 14.2 Å². The van der Waals surface area contributed by atoms with Crippen molar-refractivity contribution in [1.29, 1.82) is 0 Å². The normalized spacial score (nSPS) is 13.0. The van der Waals surface area contributed by atoms with Crippen LogP contribution in [0.5, 0.6) is 0 Å². The number of ether oxygens (including phenoxy) is 3. The SMILES string of the molecule is CC/C=C\C/C=C\C/C=C\C/C=C\C/C=C\C/C=C\CCCCCCC(=O)OCC(COC(=O)CCCCCCCCC/C=C\CCCCCCCC)OC(=O)CCCCCCCC/C=C\C/C=C\C/C=C\C/C=C\CC. The van der Waals surface area contributed by atoms with Crippen molar-refractivity contribution in [2.24, 2.45) is 0 Å². The zero-order valence-corrected chi connectivity index (χ0v) is 49.9. The van der Waals surface area contributed by atoms with Crippen LogP contribution in [0.3, 0.4) is 0 Å². The predicted octanol–water partition coefficient (Wildman–Crippen LogP) is 21.8. The molecule has 0 aliphatic heterocycles. The van der Waals surface area contributed by atoms with Gasteiger partial charge in [-0.3, -0.25) is 14.4 Å². The summed E-state index contributed by atoms with van der Waals surface area (Å²) in [5.74, 6) is -0.940. The van der Waals surface area contributed by atoms with E-state index in [1.165, 1.54) is 89.9 Å². The van der Waals surface area contributed by atoms with Gasteiger partial charge in [0.15, 0.2) is 6.10 Å². The van der Waals surface area contributed by atoms with E-state index in [0.29, 0.717) is 19.3 Å². The van der Waals surface area contributed by atoms with Gasteiger partial charge in [0.1, 0.15) is 13.2 Å². The van der Waals surface area contributed by atoms with E-state index in [-0.39, 0.29) is 31.1 Å². The van der Waals surface area contributed by atoms with E-state index in [1.54, 1.807) is 0 Å². The summed E-state index contributed by atoms with van der Waals surface area (Å²) in [5, 5.41) is 0. The third-order valence-electron chi connectivity index (χ3n) is 13.1. The van der Waals surface area contributed by atoms with Crippen LogP contribution in [0.15, 0.2) is 134 Å². The second kappa shape index (κ2) is 64.1. The zero-order chi connectivity index (χ0) is 55.7. The van der Waals surface area contributed by atoms with Crippen molar-refractivity contribution in [1.82, 2.24) is 0 Å². The van der Waals surface area contributed by atoms with E-state index in [0.717, 1.165) is 148 Å². The third-order valence-corrected chi connectivity index (χ3v) is 13.1. The highest BCUT2D eigenvalue weighted by Crippen LogP contribution is 2.15. The molecule has 0 N–H and O–H groups in total. The first-order valence-corrected chi connectivity index (χ1v) is 31.7. The summed E-state index contributed by atoms with van der Waals surface area (Å²) in [5.41, 5.74) is 0. The Balaban J connectivity index is 4.49. The molecule has 77 heavy (non-hydrogen) atoms. The maximum atomic E-state index is 12.9. The lowest BCUT2D eigenvalue weighted by atomic mass is 10.1. The smallest absolute Gasteiger partial charge is 0.306 e. The molecule has 1 unspecified atom stereocenters. The fourth-order valence-electron chi connectivity index (χ4n) is 8.43. The molecule has 6 nitrogen and oxygen atoms in total. The zero-order valence-electron chi connectivity index (χ0n) is 49.9. The van der Waals surface area contributed by atoms with Gasteiger partial charge in [-0.1, -0.05) is 257 Å². The average molecular weight is 1070 g/mol. The van der Waals surface area contributed by atoms with Crippen LogP contribution >= 0.6 is 0 Å². The third kappa shape index (κ3) is 62.3. The predicted molar refractivity (Wildman–Crippen MR) is 334 cm³/mol. The molecule has 0 aromatic heterocycles. The lowest BCUT2D eigenvalue weighted by Crippen LogP contribution is -2.30. The Morgan fingerprint density at radius 2 is 0.506 bits per heavy atom. The number of carbonyl (C=O) groups excluding carboxylic acids is 3. The van der Waals surface area contributed by atoms with Crippen molar-refractivity contribution in [3.05, 3.63) is 134 Å². The number of rotatable bonds is 56. The highest BCUT2D eigenvalue weighted by atomic mass is 16.6. The first kappa shape index (κ1) is 72.5. The first-order chi connectivity index (χ1) is 38.0. The molecule has 0 aliphatic carbocycles. The van der Waals surface area contributed by atoms with Crippen molar-refractivity contribution < 1.29 is 28.6 Å². The Morgan fingerprint density at radius 1 is 0.273 bits per heavy atom. The summed E-state index contributed by atoms with van der Waals surface area (Å²) in [4.78, 5) is 38.3. The summed E-state index contributed by atoms with van der Waals surface area (Å²) in [7, 11) is 0. The van der Waals surface area contributed by atoms with Crippen LogP contribution in [0.4, 0.5) is 0 Å². The van der Waals surface area contributed by atoms with E-state index >= 15 is 0 Å². The summed E-state index contributed by atoms with van der Waals surface area (Å²) in [6.45, 7) is 6.38. The van der Waals surface area contributed by atoms with Crippen LogP contribution in [0.1, 0.15) is 278 Å². The van der Waals surface area contributed by atoms with Gasteiger partial charge in [-0.25, -0.2) is 0 Å². The molecule has 0 aromatic rings. The van der Waals surface area contributed by atoms with Gasteiger partial charge in [-0.2, -0.15) is 0 Å². The first-order valence-electron chi connectivity index (χ1n) is 31.7. The summed E-state index contributed by atoms with van der Waals surface area (Å²) in [6.07, 6.45) is 90.1. The standard InChI is InChI=1S/C71H116O6/c1-4-7-10-13-16-19-22-25-28-31-33-34-35-36-38-40-43-46-49-52-55-58-61-64-70(73)76-67-68(66-75-69(72)63-60-57-54-51-48-45-42-39-30-27-24-21-18-15-12-9-6-3)77-71(74)65-62-59-56-53-50-47-44-41-37-32-29-26-23-20-17-14-11-8-5-2/h7-8,10-11,16-17,19-20,25-30,33-34,36-38,41,43,46,68H,4-6,9,12-15,18,21-24,31-32,35,39-40,42,44-45,47-67H2,1-3H3/b10-7-,11-8-,19-16-,20-17-,28-25-,29-26-,30-27-,34-33-,38-36-,41-37-,46-43-. The molecule has 0 saturated heterocycles. The minimum absolute atomic E-state index is 0.0981. The van der Waals surface area contributed by atoms with Crippen LogP contribution in [0.25, 0.3) is 0 Å². The Bertz CT molecular complexity index is 1650. The van der Waals surface area contributed by atoms with Crippen LogP contribution in [0.2, 0.25) is 0 Å². The number of allylic oxidation sites excluding steroid dienone is 22. The molecule has 0 rings (SSSR count). The highest BCUT2D eigenvalue weighted by Gasteiger charge is 2.19. The van der Waals surface area contributed by atoms with Gasteiger partial charge >= 0.3 is 17.9 Å². The van der Waals surface area contributed by atoms with Crippen LogP contribution < -0.4 is 0 Å². The lowest BCUT2D eigenvalue weighted by Gasteiger charge is -2.18. The molecule has 0 bridgehead atoms. The molecule has 6 heteroatoms. The number of hydrogen-bond acceptors (Lipinski definition) is 6. The Morgan fingerprint density at radius 3 is 0.805 bits per heavy atom. The molecule has 0 spiro atoms. The van der Waals surface area contributed by atoms with Crippen LogP contribution in [-0.4, -0.2) is 37.2 Å². The van der Waals surface area contributed by atoms with Crippen molar-refractivity contribution in [2.75, 3.05) is 13.2 Å². The monoisotopic (exact) mass is 1060 g/mol. The van der Waals surface area contributed by atoms with E-state index in [4.69, 9.17) is 14.2 Å². The molecule has 0 amide bonds. The molecular formula is C71H116O6. The van der Waals surface area contributed by atoms with Gasteiger partial charge in [0.25, 0.3) is 0 Å². The van der Waals surface area contributed by atoms with Crippen LogP contribution in [0, 0.1) is 0 Å². The van der Waals surface area contributed by atoms with Crippen molar-refractivity contribution in [3.8, 4) is 0 Å². The second-order valence-corrected chi connectivity index (χ2v) is 20.5. The molecule has 0 aromatic carbocycles. The van der Waals surface area contributed by atoms with E-state index < -0.39 is 6.10 Å². The number of unbranched alkanes of at least 4 members (excludes halogenated alkanes) is 23. The maximum Gasteiger partial charge on any atom is 0.306 e. The second-order valence-electron chi connectivity index (χ2n) is 20.5. The molecular weight excluding hydrogens is 949 g/mol. The van der Waals surface area contributed by atoms with Gasteiger partial charge in [0.05, 0.1) is 0 Å². The largest absolute Gasteiger partial charge is 0.462 e. The van der Waals surface area contributed by atoms with Gasteiger partial charge in [-0.05, 0) is 135 Å². The molecule has 1 atom stereocenters. The van der Waals surface area contributed by atoms with Crippen molar-refractivity contribution in [3.63, 3.8) is 0 Å². The number of hydrogen-bond donors (Lipinski definition) is 0. The van der Waals surface area contributed by atoms with Gasteiger partial charge in [0.2, 0.25) is 0 Å². The van der Waals surface area contributed by atoms with Crippen LogP contribution in [-0.2, 0) is 28.6 Å².